The van der Waals surface area contributed by atoms with Gasteiger partial charge in [-0.15, -0.1) is 0 Å². The van der Waals surface area contributed by atoms with Crippen molar-refractivity contribution in [2.45, 2.75) is 26.7 Å². The van der Waals surface area contributed by atoms with Crippen molar-refractivity contribution < 1.29 is 23.9 Å². The van der Waals surface area contributed by atoms with Gasteiger partial charge < -0.3 is 14.3 Å². The molecule has 0 bridgehead atoms. The van der Waals surface area contributed by atoms with Gasteiger partial charge in [-0.1, -0.05) is 13.3 Å². The first kappa shape index (κ1) is 15.8. The van der Waals surface area contributed by atoms with Crippen LogP contribution in [0.1, 0.15) is 37.0 Å². The lowest BCUT2D eigenvalue weighted by Gasteiger charge is -2.12. The molecule has 0 aliphatic heterocycles. The molecular formula is C14H19NO5. The number of carbonyl (C=O) groups excluding carboxylic acids is 2. The number of rotatable bonds is 6. The summed E-state index contributed by atoms with van der Waals surface area (Å²) in [4.78, 5) is 27.1. The minimum atomic E-state index is -0.597. The van der Waals surface area contributed by atoms with E-state index in [0.29, 0.717) is 18.1 Å². The quantitative estimate of drug-likeness (QED) is 0.638. The van der Waals surface area contributed by atoms with Crippen molar-refractivity contribution in [2.24, 2.45) is 0 Å². The summed E-state index contributed by atoms with van der Waals surface area (Å²) in [6.07, 6.45) is 1.86. The lowest BCUT2D eigenvalue weighted by molar-refractivity contribution is -0.146. The summed E-state index contributed by atoms with van der Waals surface area (Å²) in [6.45, 7) is 3.74. The number of hydrogen-bond acceptors (Lipinski definition) is 5. The average Bonchev–Trinajstić information content (AvgIpc) is 2.44. The maximum atomic E-state index is 11.9. The highest BCUT2D eigenvalue weighted by Gasteiger charge is 2.15. The Kier molecular flexibility index (Phi) is 6.36. The standard InChI is InChI=1S/C14H19NO5/c1-4-5-8-19-13-9-11(18-3)6-7-12(13)14(17)15-20-10(2)16/h6-7,9H,4-5,8H2,1-3H3,(H,15,17). The van der Waals surface area contributed by atoms with Gasteiger partial charge in [0.05, 0.1) is 19.3 Å². The first-order valence-electron chi connectivity index (χ1n) is 6.37. The van der Waals surface area contributed by atoms with Crippen LogP contribution in [0.15, 0.2) is 18.2 Å². The van der Waals surface area contributed by atoms with Crippen molar-refractivity contribution in [1.82, 2.24) is 5.48 Å². The molecule has 0 heterocycles. The molecule has 0 aliphatic carbocycles. The number of unbranched alkanes of at least 4 members (excludes halogenated alkanes) is 1. The molecule has 0 aliphatic rings. The molecule has 0 saturated heterocycles. The number of ether oxygens (including phenoxy) is 2. The second-order valence-corrected chi connectivity index (χ2v) is 4.09. The summed E-state index contributed by atoms with van der Waals surface area (Å²) in [6, 6.07) is 4.81. The van der Waals surface area contributed by atoms with Crippen LogP contribution >= 0.6 is 0 Å². The van der Waals surface area contributed by atoms with Crippen LogP contribution in [0, 0.1) is 0 Å². The van der Waals surface area contributed by atoms with E-state index in [1.807, 2.05) is 6.92 Å². The van der Waals surface area contributed by atoms with Gasteiger partial charge in [0.15, 0.2) is 0 Å². The average molecular weight is 281 g/mol. The van der Waals surface area contributed by atoms with Crippen LogP contribution in [0.3, 0.4) is 0 Å². The molecular weight excluding hydrogens is 262 g/mol. The van der Waals surface area contributed by atoms with Crippen LogP contribution < -0.4 is 15.0 Å². The van der Waals surface area contributed by atoms with E-state index in [1.165, 1.54) is 14.0 Å². The Hall–Kier alpha value is -2.24. The third-order valence-electron chi connectivity index (χ3n) is 2.48. The molecule has 1 aromatic carbocycles. The minimum absolute atomic E-state index is 0.281. The van der Waals surface area contributed by atoms with Crippen molar-refractivity contribution in [3.05, 3.63) is 23.8 Å². The fraction of sp³-hybridized carbons (Fsp3) is 0.429. The van der Waals surface area contributed by atoms with Gasteiger partial charge >= 0.3 is 5.97 Å². The van der Waals surface area contributed by atoms with Crippen molar-refractivity contribution in [1.29, 1.82) is 0 Å². The van der Waals surface area contributed by atoms with Gasteiger partial charge in [-0.05, 0) is 18.6 Å². The maximum Gasteiger partial charge on any atom is 0.329 e. The number of benzene rings is 1. The number of nitrogens with one attached hydrogen (secondary N) is 1. The summed E-state index contributed by atoms with van der Waals surface area (Å²) >= 11 is 0. The Balaban J connectivity index is 2.86. The Morgan fingerprint density at radius 3 is 2.65 bits per heavy atom. The highest BCUT2D eigenvalue weighted by Crippen LogP contribution is 2.25. The van der Waals surface area contributed by atoms with Gasteiger partial charge in [-0.3, -0.25) is 9.59 Å². The molecule has 0 spiro atoms. The number of methoxy groups -OCH3 is 1. The zero-order valence-electron chi connectivity index (χ0n) is 11.9. The van der Waals surface area contributed by atoms with Gasteiger partial charge in [0, 0.05) is 13.0 Å². The molecule has 1 aromatic rings. The van der Waals surface area contributed by atoms with E-state index in [-0.39, 0.29) is 5.56 Å². The lowest BCUT2D eigenvalue weighted by Crippen LogP contribution is -2.26. The Morgan fingerprint density at radius 1 is 1.30 bits per heavy atom. The molecule has 20 heavy (non-hydrogen) atoms. The van der Waals surface area contributed by atoms with E-state index >= 15 is 0 Å². The van der Waals surface area contributed by atoms with Crippen molar-refractivity contribution in [3.63, 3.8) is 0 Å². The Labute approximate surface area is 118 Å². The van der Waals surface area contributed by atoms with Gasteiger partial charge in [0.25, 0.3) is 5.91 Å². The Morgan fingerprint density at radius 2 is 2.05 bits per heavy atom. The monoisotopic (exact) mass is 281 g/mol. The van der Waals surface area contributed by atoms with Crippen molar-refractivity contribution in [2.75, 3.05) is 13.7 Å². The predicted molar refractivity (Wildman–Crippen MR) is 72.6 cm³/mol. The maximum absolute atomic E-state index is 11.9. The van der Waals surface area contributed by atoms with Crippen LogP contribution in [0.5, 0.6) is 11.5 Å². The van der Waals surface area contributed by atoms with E-state index in [2.05, 4.69) is 10.3 Å². The summed E-state index contributed by atoms with van der Waals surface area (Å²) in [5.41, 5.74) is 2.34. The van der Waals surface area contributed by atoms with E-state index < -0.39 is 11.9 Å². The first-order valence-corrected chi connectivity index (χ1v) is 6.37. The second-order valence-electron chi connectivity index (χ2n) is 4.09. The molecule has 110 valence electrons. The Bertz CT molecular complexity index is 473. The van der Waals surface area contributed by atoms with Crippen molar-refractivity contribution in [3.8, 4) is 11.5 Å². The zero-order valence-corrected chi connectivity index (χ0v) is 11.9. The topological polar surface area (TPSA) is 73.9 Å². The van der Waals surface area contributed by atoms with E-state index in [1.54, 1.807) is 18.2 Å². The van der Waals surface area contributed by atoms with Crippen LogP contribution in [0.25, 0.3) is 0 Å². The smallest absolute Gasteiger partial charge is 0.329 e. The van der Waals surface area contributed by atoms with Crippen LogP contribution in [-0.2, 0) is 9.63 Å². The van der Waals surface area contributed by atoms with Crippen LogP contribution in [0.4, 0.5) is 0 Å². The molecule has 0 saturated carbocycles. The normalized spacial score (nSPS) is 9.75. The second kappa shape index (κ2) is 8.04. The summed E-state index contributed by atoms with van der Waals surface area (Å²) in [5.74, 6) is -0.169. The largest absolute Gasteiger partial charge is 0.497 e. The van der Waals surface area contributed by atoms with E-state index in [4.69, 9.17) is 9.47 Å². The first-order chi connectivity index (χ1) is 9.58. The third kappa shape index (κ3) is 4.79. The molecule has 6 heteroatoms. The number of amides is 1. The fourth-order valence-corrected chi connectivity index (χ4v) is 1.44. The van der Waals surface area contributed by atoms with E-state index in [0.717, 1.165) is 12.8 Å². The molecule has 6 nitrogen and oxygen atoms in total. The minimum Gasteiger partial charge on any atom is -0.497 e. The van der Waals surface area contributed by atoms with Gasteiger partial charge in [0.2, 0.25) is 0 Å². The third-order valence-corrected chi connectivity index (χ3v) is 2.48. The molecule has 1 rings (SSSR count). The molecule has 0 radical (unpaired) electrons. The number of hydrogen-bond donors (Lipinski definition) is 1. The highest BCUT2D eigenvalue weighted by molar-refractivity contribution is 5.97. The summed E-state index contributed by atoms with van der Waals surface area (Å²) < 4.78 is 10.7. The predicted octanol–water partition coefficient (Wildman–Crippen LogP) is 2.08. The zero-order chi connectivity index (χ0) is 15.0. The van der Waals surface area contributed by atoms with Crippen LogP contribution in [-0.4, -0.2) is 25.6 Å². The fourth-order valence-electron chi connectivity index (χ4n) is 1.44. The van der Waals surface area contributed by atoms with E-state index in [9.17, 15) is 9.59 Å². The molecule has 0 fully saturated rings. The molecule has 0 aromatic heterocycles. The molecule has 0 unspecified atom stereocenters. The van der Waals surface area contributed by atoms with Gasteiger partial charge in [0.1, 0.15) is 11.5 Å². The molecule has 0 atom stereocenters. The SMILES string of the molecule is CCCCOc1cc(OC)ccc1C(=O)NOC(C)=O. The number of hydroxylamine groups is 1. The van der Waals surface area contributed by atoms with Gasteiger partial charge in [-0.2, -0.15) is 5.48 Å². The summed E-state index contributed by atoms with van der Waals surface area (Å²) in [5, 5.41) is 0. The van der Waals surface area contributed by atoms with Crippen LogP contribution in [0.2, 0.25) is 0 Å². The lowest BCUT2D eigenvalue weighted by atomic mass is 10.2. The van der Waals surface area contributed by atoms with Gasteiger partial charge in [-0.25, -0.2) is 0 Å². The molecule has 1 amide bonds. The summed E-state index contributed by atoms with van der Waals surface area (Å²) in [7, 11) is 1.53. The number of carbonyl (C=O) groups is 2. The molecule has 1 N–H and O–H groups in total. The highest BCUT2D eigenvalue weighted by atomic mass is 16.7. The van der Waals surface area contributed by atoms with Crippen molar-refractivity contribution >= 4 is 11.9 Å².